The number of likely N-dealkylation sites (N-methyl/N-ethyl adjacent to an activating group) is 1. The summed E-state index contributed by atoms with van der Waals surface area (Å²) in [5, 5.41) is 9.59. The third kappa shape index (κ3) is 2.87. The molecule has 1 unspecified atom stereocenters. The van der Waals surface area contributed by atoms with Crippen LogP contribution in [0.25, 0.3) is 0 Å². The maximum absolute atomic E-state index is 12.5. The number of halogens is 1. The van der Waals surface area contributed by atoms with Crippen molar-refractivity contribution in [3.05, 3.63) is 35.9 Å². The highest BCUT2D eigenvalue weighted by atomic mass is 35.5. The van der Waals surface area contributed by atoms with Gasteiger partial charge in [0.1, 0.15) is 24.2 Å². The standard InChI is InChI=1S/C17H21NO4.ClH/c1-18-13-7-11(8-14(18)16-15(13)22-16)21-17(20)12(9-19)10-5-3-2-4-6-10;/h2-6,11-16,19H,7-9H2,1H3;1H/t11?,12-,13-,14+,15-,16+;/m1./s1/i1T3;. The molecule has 0 aliphatic carbocycles. The lowest BCUT2D eigenvalue weighted by Gasteiger charge is -2.38. The van der Waals surface area contributed by atoms with Crippen LogP contribution in [0.3, 0.4) is 0 Å². The van der Waals surface area contributed by atoms with Crippen molar-refractivity contribution in [3.63, 3.8) is 0 Å². The molecule has 6 heteroatoms. The topological polar surface area (TPSA) is 62.3 Å². The van der Waals surface area contributed by atoms with Gasteiger partial charge in [-0.25, -0.2) is 0 Å². The van der Waals surface area contributed by atoms with Crippen molar-refractivity contribution in [2.75, 3.05) is 13.6 Å². The number of benzene rings is 1. The SMILES string of the molecule is Cl.[3H]C([3H])([3H])N1[C@@H]2CC(OC(=O)[C@H](CO)c3ccccc3)C[C@H]1[C@@H]1O[C@@H]12. The smallest absolute Gasteiger partial charge is 0.316 e. The van der Waals surface area contributed by atoms with E-state index in [4.69, 9.17) is 13.6 Å². The van der Waals surface area contributed by atoms with Gasteiger partial charge < -0.3 is 14.6 Å². The van der Waals surface area contributed by atoms with Gasteiger partial charge in [-0.1, -0.05) is 30.3 Å². The Morgan fingerprint density at radius 3 is 2.61 bits per heavy atom. The van der Waals surface area contributed by atoms with Crippen molar-refractivity contribution < 1.29 is 23.5 Å². The number of carbonyl (C=O) groups excluding carboxylic acids is 1. The fraction of sp³-hybridized carbons (Fsp3) is 0.588. The lowest BCUT2D eigenvalue weighted by molar-refractivity contribution is -0.156. The molecule has 1 aromatic rings. The van der Waals surface area contributed by atoms with E-state index in [9.17, 15) is 9.90 Å². The van der Waals surface area contributed by atoms with Gasteiger partial charge in [-0.05, 0) is 12.5 Å². The van der Waals surface area contributed by atoms with E-state index in [0.29, 0.717) is 18.4 Å². The van der Waals surface area contributed by atoms with E-state index < -0.39 is 18.9 Å². The van der Waals surface area contributed by atoms with Crippen LogP contribution in [0.2, 0.25) is 0 Å². The minimum atomic E-state index is -2.15. The molecular formula is C17H22ClNO4. The first-order valence-corrected chi connectivity index (χ1v) is 7.70. The van der Waals surface area contributed by atoms with Crippen molar-refractivity contribution in [2.45, 2.75) is 49.2 Å². The summed E-state index contributed by atoms with van der Waals surface area (Å²) in [6, 6.07) is 8.56. The number of epoxide rings is 1. The summed E-state index contributed by atoms with van der Waals surface area (Å²) in [7, 11) is 0. The minimum absolute atomic E-state index is 0. The monoisotopic (exact) mass is 345 g/mol. The highest BCUT2D eigenvalue weighted by molar-refractivity contribution is 5.85. The largest absolute Gasteiger partial charge is 0.462 e. The molecular weight excluding hydrogens is 318 g/mol. The number of piperidine rings is 1. The summed E-state index contributed by atoms with van der Waals surface area (Å²) in [5.41, 5.74) is 0.712. The second kappa shape index (κ2) is 6.40. The number of hydrogen-bond acceptors (Lipinski definition) is 5. The van der Waals surface area contributed by atoms with E-state index in [0.717, 1.165) is 0 Å². The van der Waals surface area contributed by atoms with Crippen LogP contribution < -0.4 is 0 Å². The van der Waals surface area contributed by atoms with Gasteiger partial charge >= 0.3 is 5.97 Å². The summed E-state index contributed by atoms with van der Waals surface area (Å²) in [5.74, 6) is -1.18. The van der Waals surface area contributed by atoms with E-state index >= 15 is 0 Å². The number of fused-ring (bicyclic) bond motifs is 5. The summed E-state index contributed by atoms with van der Waals surface area (Å²) < 4.78 is 34.4. The van der Waals surface area contributed by atoms with Gasteiger partial charge in [-0.3, -0.25) is 9.69 Å². The molecule has 0 radical (unpaired) electrons. The van der Waals surface area contributed by atoms with E-state index in [1.165, 1.54) is 0 Å². The lowest BCUT2D eigenvalue weighted by Crippen LogP contribution is -2.48. The van der Waals surface area contributed by atoms with Crippen LogP contribution in [0, 0.1) is 0 Å². The van der Waals surface area contributed by atoms with Gasteiger partial charge in [-0.2, -0.15) is 0 Å². The van der Waals surface area contributed by atoms with Crippen molar-refractivity contribution in [1.29, 1.82) is 0 Å². The Hall–Kier alpha value is -1.14. The highest BCUT2D eigenvalue weighted by Crippen LogP contribution is 2.48. The molecule has 0 amide bonds. The molecule has 6 atom stereocenters. The Kier molecular flexibility index (Phi) is 3.67. The molecule has 1 aromatic carbocycles. The lowest BCUT2D eigenvalue weighted by atomic mass is 9.97. The number of nitrogens with zero attached hydrogens (tertiary/aromatic N) is 1. The number of aliphatic hydroxyl groups is 1. The molecule has 3 aliphatic rings. The molecule has 3 aliphatic heterocycles. The molecule has 0 spiro atoms. The van der Waals surface area contributed by atoms with Gasteiger partial charge in [-0.15, -0.1) is 12.4 Å². The molecule has 5 nitrogen and oxygen atoms in total. The number of hydrogen-bond donors (Lipinski definition) is 1. The maximum atomic E-state index is 12.5. The zero-order valence-corrected chi connectivity index (χ0v) is 13.3. The highest BCUT2D eigenvalue weighted by Gasteiger charge is 2.62. The van der Waals surface area contributed by atoms with Crippen molar-refractivity contribution in [2.24, 2.45) is 0 Å². The van der Waals surface area contributed by atoms with E-state index in [2.05, 4.69) is 0 Å². The van der Waals surface area contributed by atoms with Crippen LogP contribution in [0.5, 0.6) is 0 Å². The van der Waals surface area contributed by atoms with Crippen LogP contribution in [0.1, 0.15) is 28.4 Å². The van der Waals surface area contributed by atoms with E-state index in [1.807, 2.05) is 18.2 Å². The second-order valence-electron chi connectivity index (χ2n) is 6.28. The summed E-state index contributed by atoms with van der Waals surface area (Å²) in [6.45, 7) is -2.48. The number of morpholine rings is 1. The average Bonchev–Trinajstić information content (AvgIpc) is 3.31. The number of aliphatic hydroxyl groups excluding tert-OH is 1. The second-order valence-corrected chi connectivity index (χ2v) is 6.28. The normalized spacial score (nSPS) is 38.3. The van der Waals surface area contributed by atoms with Crippen LogP contribution >= 0.6 is 12.4 Å². The van der Waals surface area contributed by atoms with Gasteiger partial charge in [0.2, 0.25) is 0 Å². The summed E-state index contributed by atoms with van der Waals surface area (Å²) >= 11 is 0. The zero-order chi connectivity index (χ0) is 17.8. The quantitative estimate of drug-likeness (QED) is 0.659. The molecule has 126 valence electrons. The number of carbonyl (C=O) groups is 1. The Labute approximate surface area is 146 Å². The number of esters is 1. The Balaban J connectivity index is 0.00000196. The van der Waals surface area contributed by atoms with Crippen LogP contribution in [0.4, 0.5) is 0 Å². The van der Waals surface area contributed by atoms with Gasteiger partial charge in [0.05, 0.1) is 6.61 Å². The van der Waals surface area contributed by atoms with Crippen molar-refractivity contribution in [3.8, 4) is 0 Å². The molecule has 3 fully saturated rings. The van der Waals surface area contributed by atoms with Crippen molar-refractivity contribution in [1.82, 2.24) is 4.90 Å². The molecule has 3 heterocycles. The summed E-state index contributed by atoms with van der Waals surface area (Å²) in [4.78, 5) is 14.1. The van der Waals surface area contributed by atoms with Gasteiger partial charge in [0, 0.05) is 29.0 Å². The molecule has 1 N–H and O–H groups in total. The molecule has 23 heavy (non-hydrogen) atoms. The molecule has 0 aromatic heterocycles. The zero-order valence-electron chi connectivity index (χ0n) is 15.5. The maximum Gasteiger partial charge on any atom is 0.316 e. The molecule has 0 saturated carbocycles. The Bertz CT molecular complexity index is 641. The van der Waals surface area contributed by atoms with Crippen molar-refractivity contribution >= 4 is 18.4 Å². The Morgan fingerprint density at radius 1 is 1.39 bits per heavy atom. The third-order valence-electron chi connectivity index (χ3n) is 5.00. The average molecular weight is 346 g/mol. The van der Waals surface area contributed by atoms with E-state index in [1.54, 1.807) is 17.0 Å². The predicted molar refractivity (Wildman–Crippen MR) is 86.6 cm³/mol. The fourth-order valence-corrected chi connectivity index (χ4v) is 3.79. The van der Waals surface area contributed by atoms with E-state index in [-0.39, 0.29) is 49.4 Å². The fourth-order valence-electron chi connectivity index (χ4n) is 3.79. The molecule has 3 saturated heterocycles. The third-order valence-corrected chi connectivity index (χ3v) is 5.00. The van der Waals surface area contributed by atoms with Crippen LogP contribution in [0.15, 0.2) is 30.3 Å². The van der Waals surface area contributed by atoms with Gasteiger partial charge in [0.25, 0.3) is 0 Å². The predicted octanol–water partition coefficient (Wildman–Crippen LogP) is 1.34. The minimum Gasteiger partial charge on any atom is -0.462 e. The van der Waals surface area contributed by atoms with Gasteiger partial charge in [0.15, 0.2) is 0 Å². The summed E-state index contributed by atoms with van der Waals surface area (Å²) in [6.07, 6.45) is 0.452. The number of rotatable bonds is 4. The first-order chi connectivity index (χ1) is 11.9. The van der Waals surface area contributed by atoms with Crippen LogP contribution in [-0.4, -0.2) is 60.0 Å². The van der Waals surface area contributed by atoms with Crippen LogP contribution in [-0.2, 0) is 14.3 Å². The Morgan fingerprint density at radius 2 is 2.04 bits per heavy atom. The molecule has 4 rings (SSSR count). The number of ether oxygens (including phenoxy) is 2. The molecule has 2 bridgehead atoms. The first kappa shape index (κ1) is 13.2. The first-order valence-electron chi connectivity index (χ1n) is 9.20.